The quantitative estimate of drug-likeness (QED) is 0.705. The molecule has 2 aromatic rings. The monoisotopic (exact) mass is 424 g/mol. The molecule has 0 aliphatic carbocycles. The van der Waals surface area contributed by atoms with Crippen LogP contribution in [0.2, 0.25) is 0 Å². The van der Waals surface area contributed by atoms with Crippen LogP contribution in [0.1, 0.15) is 69.8 Å². The lowest BCUT2D eigenvalue weighted by Crippen LogP contribution is -2.39. The maximum atomic E-state index is 11.2. The van der Waals surface area contributed by atoms with Gasteiger partial charge >= 0.3 is 0 Å². The van der Waals surface area contributed by atoms with E-state index < -0.39 is 0 Å². The summed E-state index contributed by atoms with van der Waals surface area (Å²) in [6, 6.07) is 13.5. The van der Waals surface area contributed by atoms with Gasteiger partial charge in [-0.1, -0.05) is 53.7 Å². The molecule has 0 saturated carbocycles. The summed E-state index contributed by atoms with van der Waals surface area (Å²) in [6.45, 7) is 16.4. The van der Waals surface area contributed by atoms with Crippen molar-refractivity contribution in [2.45, 2.75) is 58.4 Å². The lowest BCUT2D eigenvalue weighted by atomic mass is 9.77. The summed E-state index contributed by atoms with van der Waals surface area (Å²) in [5.74, 6) is 0.437. The van der Waals surface area contributed by atoms with Gasteiger partial charge in [-0.25, -0.2) is 0 Å². The van der Waals surface area contributed by atoms with Crippen LogP contribution in [0.3, 0.4) is 0 Å². The van der Waals surface area contributed by atoms with Gasteiger partial charge in [0, 0.05) is 32.9 Å². The highest BCUT2D eigenvalue weighted by Gasteiger charge is 2.31. The van der Waals surface area contributed by atoms with Gasteiger partial charge in [0.05, 0.1) is 19.3 Å². The van der Waals surface area contributed by atoms with Gasteiger partial charge in [-0.15, -0.1) is 0 Å². The molecule has 0 bridgehead atoms. The molecule has 1 fully saturated rings. The van der Waals surface area contributed by atoms with Crippen molar-refractivity contribution in [1.29, 1.82) is 0 Å². The number of phenolic OH excluding ortho intramolecular Hbond substituents is 1. The Kier molecular flexibility index (Phi) is 6.73. The first-order chi connectivity index (χ1) is 14.4. The molecule has 170 valence electrons. The number of benzene rings is 2. The van der Waals surface area contributed by atoms with Crippen LogP contribution in [-0.2, 0) is 15.6 Å². The molecule has 4 nitrogen and oxygen atoms in total. The van der Waals surface area contributed by atoms with Crippen molar-refractivity contribution in [3.05, 3.63) is 58.7 Å². The number of anilines is 1. The average Bonchev–Trinajstić information content (AvgIpc) is 2.68. The molecule has 1 aliphatic rings. The Morgan fingerprint density at radius 3 is 1.74 bits per heavy atom. The van der Waals surface area contributed by atoms with Crippen LogP contribution in [0.4, 0.5) is 5.69 Å². The first-order valence-electron chi connectivity index (χ1n) is 11.4. The van der Waals surface area contributed by atoms with Crippen molar-refractivity contribution in [2.24, 2.45) is 0 Å². The van der Waals surface area contributed by atoms with Gasteiger partial charge < -0.3 is 14.7 Å². The van der Waals surface area contributed by atoms with Gasteiger partial charge in [0.25, 0.3) is 0 Å². The Morgan fingerprint density at radius 2 is 1.32 bits per heavy atom. The SMILES string of the molecule is CN(C)c1ccc([C@@H](c2cc(C(C)(C)C)c(O)c(C(C)(C)C)c2)N2CCOCC2)cc1. The predicted octanol–water partition coefficient (Wildman–Crippen LogP) is 5.47. The van der Waals surface area contributed by atoms with Gasteiger partial charge in [0.1, 0.15) is 5.75 Å². The van der Waals surface area contributed by atoms with Crippen molar-refractivity contribution in [3.8, 4) is 5.75 Å². The van der Waals surface area contributed by atoms with E-state index in [2.05, 4.69) is 102 Å². The van der Waals surface area contributed by atoms with Gasteiger partial charge in [-0.2, -0.15) is 0 Å². The van der Waals surface area contributed by atoms with E-state index in [0.29, 0.717) is 5.75 Å². The molecule has 0 aromatic heterocycles. The fourth-order valence-corrected chi connectivity index (χ4v) is 4.36. The normalized spacial score (nSPS) is 16.9. The summed E-state index contributed by atoms with van der Waals surface area (Å²) >= 11 is 0. The van der Waals surface area contributed by atoms with Gasteiger partial charge in [0.15, 0.2) is 0 Å². The summed E-state index contributed by atoms with van der Waals surface area (Å²) in [4.78, 5) is 4.64. The molecule has 4 heteroatoms. The number of nitrogens with zero attached hydrogens (tertiary/aromatic N) is 2. The standard InChI is InChI=1S/C27H40N2O2/c1-26(2,3)22-17-20(18-23(25(22)30)27(4,5)6)24(29-13-15-31-16-14-29)19-9-11-21(12-10-19)28(7)8/h9-12,17-18,24,30H,13-16H2,1-8H3/t24-/m0/s1. The summed E-state index contributed by atoms with van der Waals surface area (Å²) < 4.78 is 5.66. The predicted molar refractivity (Wildman–Crippen MR) is 131 cm³/mol. The molecule has 1 saturated heterocycles. The molecule has 0 unspecified atom stereocenters. The topological polar surface area (TPSA) is 35.9 Å². The van der Waals surface area contributed by atoms with Crippen LogP contribution >= 0.6 is 0 Å². The highest BCUT2D eigenvalue weighted by molar-refractivity contribution is 5.53. The molecule has 0 spiro atoms. The molecule has 3 rings (SSSR count). The number of hydrogen-bond donors (Lipinski definition) is 1. The number of phenols is 1. The molecular weight excluding hydrogens is 384 g/mol. The van der Waals surface area contributed by atoms with E-state index in [1.54, 1.807) is 0 Å². The second-order valence-corrected chi connectivity index (χ2v) is 11.0. The van der Waals surface area contributed by atoms with E-state index in [4.69, 9.17) is 4.74 Å². The maximum absolute atomic E-state index is 11.2. The Hall–Kier alpha value is -2.04. The Labute approximate surface area is 188 Å². The smallest absolute Gasteiger partial charge is 0.123 e. The summed E-state index contributed by atoms with van der Waals surface area (Å²) in [5.41, 5.74) is 5.44. The van der Waals surface area contributed by atoms with Crippen LogP contribution in [-0.4, -0.2) is 50.4 Å². The van der Waals surface area contributed by atoms with E-state index in [0.717, 1.165) is 37.4 Å². The molecule has 0 radical (unpaired) electrons. The van der Waals surface area contributed by atoms with E-state index >= 15 is 0 Å². The minimum atomic E-state index is -0.148. The largest absolute Gasteiger partial charge is 0.507 e. The zero-order chi connectivity index (χ0) is 23.0. The third-order valence-electron chi connectivity index (χ3n) is 6.20. The lowest BCUT2D eigenvalue weighted by Gasteiger charge is -2.37. The molecule has 1 heterocycles. The highest BCUT2D eigenvalue weighted by Crippen LogP contribution is 2.43. The first-order valence-corrected chi connectivity index (χ1v) is 11.4. The average molecular weight is 425 g/mol. The van der Waals surface area contributed by atoms with E-state index in [9.17, 15) is 5.11 Å². The number of rotatable bonds is 4. The van der Waals surface area contributed by atoms with Gasteiger partial charge in [0.2, 0.25) is 0 Å². The van der Waals surface area contributed by atoms with Crippen LogP contribution < -0.4 is 4.90 Å². The van der Waals surface area contributed by atoms with E-state index in [1.807, 2.05) is 0 Å². The molecule has 1 N–H and O–H groups in total. The van der Waals surface area contributed by atoms with Crippen molar-refractivity contribution >= 4 is 5.69 Å². The minimum absolute atomic E-state index is 0.128. The zero-order valence-corrected chi connectivity index (χ0v) is 20.6. The number of ether oxygens (including phenoxy) is 1. The zero-order valence-electron chi connectivity index (χ0n) is 20.6. The third-order valence-corrected chi connectivity index (χ3v) is 6.20. The molecule has 1 atom stereocenters. The molecule has 2 aromatic carbocycles. The first kappa shape index (κ1) is 23.6. The van der Waals surface area contributed by atoms with Gasteiger partial charge in [-0.3, -0.25) is 4.90 Å². The van der Waals surface area contributed by atoms with Crippen molar-refractivity contribution in [1.82, 2.24) is 4.90 Å². The summed E-state index contributed by atoms with van der Waals surface area (Å²) in [6.07, 6.45) is 0. The van der Waals surface area contributed by atoms with E-state index in [-0.39, 0.29) is 16.9 Å². The summed E-state index contributed by atoms with van der Waals surface area (Å²) in [5, 5.41) is 11.2. The highest BCUT2D eigenvalue weighted by atomic mass is 16.5. The van der Waals surface area contributed by atoms with Crippen LogP contribution in [0, 0.1) is 0 Å². The fourth-order valence-electron chi connectivity index (χ4n) is 4.36. The maximum Gasteiger partial charge on any atom is 0.123 e. The Bertz CT molecular complexity index is 848. The molecule has 31 heavy (non-hydrogen) atoms. The fraction of sp³-hybridized carbons (Fsp3) is 0.556. The third kappa shape index (κ3) is 5.24. The number of morpholine rings is 1. The summed E-state index contributed by atoms with van der Waals surface area (Å²) in [7, 11) is 4.14. The van der Waals surface area contributed by atoms with Crippen LogP contribution in [0.25, 0.3) is 0 Å². The van der Waals surface area contributed by atoms with E-state index in [1.165, 1.54) is 16.8 Å². The molecular formula is C27H40N2O2. The number of aromatic hydroxyl groups is 1. The second-order valence-electron chi connectivity index (χ2n) is 11.0. The van der Waals surface area contributed by atoms with Gasteiger partial charge in [-0.05, 0) is 57.3 Å². The van der Waals surface area contributed by atoms with Crippen LogP contribution in [0.15, 0.2) is 36.4 Å². The Morgan fingerprint density at radius 1 is 0.839 bits per heavy atom. The minimum Gasteiger partial charge on any atom is -0.507 e. The molecule has 0 amide bonds. The lowest BCUT2D eigenvalue weighted by molar-refractivity contribution is 0.0239. The van der Waals surface area contributed by atoms with Crippen molar-refractivity contribution < 1.29 is 9.84 Å². The number of hydrogen-bond acceptors (Lipinski definition) is 4. The Balaban J connectivity index is 2.20. The van der Waals surface area contributed by atoms with Crippen molar-refractivity contribution in [3.63, 3.8) is 0 Å². The van der Waals surface area contributed by atoms with Crippen LogP contribution in [0.5, 0.6) is 5.75 Å². The molecule has 1 aliphatic heterocycles. The second kappa shape index (κ2) is 8.84. The van der Waals surface area contributed by atoms with Crippen molar-refractivity contribution in [2.75, 3.05) is 45.3 Å².